The van der Waals surface area contributed by atoms with E-state index in [1.807, 2.05) is 94.1 Å². The second-order valence-electron chi connectivity index (χ2n) is 3.99. The summed E-state index contributed by atoms with van der Waals surface area (Å²) in [4.78, 5) is 0. The lowest BCUT2D eigenvalue weighted by molar-refractivity contribution is 0.904. The quantitative estimate of drug-likeness (QED) is 0.257. The Hall–Kier alpha value is 2.31. The SMILES string of the molecule is CSC1=C(SC)SC(=C2SC(SC)=C(SCCCCCl)S2)S1. The van der Waals surface area contributed by atoms with Crippen LogP contribution >= 0.6 is 106 Å². The Morgan fingerprint density at radius 3 is 1.64 bits per heavy atom. The van der Waals surface area contributed by atoms with Gasteiger partial charge in [-0.1, -0.05) is 47.0 Å². The molecule has 9 heteroatoms. The van der Waals surface area contributed by atoms with Crippen molar-refractivity contribution in [3.63, 3.8) is 0 Å². The molecule has 0 bridgehead atoms. The van der Waals surface area contributed by atoms with E-state index in [1.165, 1.54) is 37.6 Å². The average Bonchev–Trinajstić information content (AvgIpc) is 3.14. The van der Waals surface area contributed by atoms with E-state index in [0.717, 1.165) is 12.3 Å². The monoisotopic (exact) mass is 464 g/mol. The lowest BCUT2D eigenvalue weighted by Gasteiger charge is -2.03. The van der Waals surface area contributed by atoms with E-state index in [0.29, 0.717) is 0 Å². The van der Waals surface area contributed by atoms with Gasteiger partial charge in [0.15, 0.2) is 0 Å². The Morgan fingerprint density at radius 2 is 1.18 bits per heavy atom. The molecule has 124 valence electrons. The Morgan fingerprint density at radius 1 is 0.727 bits per heavy atom. The topological polar surface area (TPSA) is 0 Å². The van der Waals surface area contributed by atoms with Gasteiger partial charge in [0.05, 0.1) is 25.4 Å². The molecule has 0 saturated carbocycles. The van der Waals surface area contributed by atoms with Gasteiger partial charge in [0.2, 0.25) is 0 Å². The smallest absolute Gasteiger partial charge is 0.0717 e. The van der Waals surface area contributed by atoms with Crippen LogP contribution < -0.4 is 0 Å². The lowest BCUT2D eigenvalue weighted by atomic mass is 10.4. The molecule has 0 radical (unpaired) electrons. The molecule has 0 amide bonds. The Bertz CT molecular complexity index is 478. The zero-order valence-electron chi connectivity index (χ0n) is 12.5. The van der Waals surface area contributed by atoms with E-state index in [2.05, 4.69) is 18.8 Å². The largest absolute Gasteiger partial charge is 0.127 e. The number of halogens is 1. The highest BCUT2D eigenvalue weighted by Gasteiger charge is 2.29. The molecule has 0 aromatic rings. The second-order valence-corrected chi connectivity index (χ2v) is 13.6. The van der Waals surface area contributed by atoms with Crippen molar-refractivity contribution in [1.82, 2.24) is 0 Å². The van der Waals surface area contributed by atoms with Crippen molar-refractivity contribution in [3.05, 3.63) is 25.4 Å². The van der Waals surface area contributed by atoms with Gasteiger partial charge in [-0.25, -0.2) is 0 Å². The number of hydrogen-bond acceptors (Lipinski definition) is 8. The molecular weight excluding hydrogens is 448 g/mol. The summed E-state index contributed by atoms with van der Waals surface area (Å²) < 4.78 is 8.79. The van der Waals surface area contributed by atoms with Gasteiger partial charge >= 0.3 is 0 Å². The van der Waals surface area contributed by atoms with Crippen LogP contribution in [-0.2, 0) is 0 Å². The van der Waals surface area contributed by atoms with Crippen molar-refractivity contribution in [3.8, 4) is 0 Å². The predicted octanol–water partition coefficient (Wildman–Crippen LogP) is 8.17. The van der Waals surface area contributed by atoms with Crippen molar-refractivity contribution in [2.75, 3.05) is 30.4 Å². The average molecular weight is 465 g/mol. The van der Waals surface area contributed by atoms with Crippen molar-refractivity contribution in [2.24, 2.45) is 0 Å². The van der Waals surface area contributed by atoms with E-state index in [-0.39, 0.29) is 0 Å². The van der Waals surface area contributed by atoms with Crippen molar-refractivity contribution in [2.45, 2.75) is 12.8 Å². The first kappa shape index (κ1) is 20.6. The van der Waals surface area contributed by atoms with Gasteiger partial charge in [-0.2, -0.15) is 0 Å². The van der Waals surface area contributed by atoms with Gasteiger partial charge in [-0.05, 0) is 37.4 Å². The highest BCUT2D eigenvalue weighted by Crippen LogP contribution is 2.65. The minimum absolute atomic E-state index is 0.778. The molecule has 2 rings (SSSR count). The Kier molecular flexibility index (Phi) is 10.4. The van der Waals surface area contributed by atoms with E-state index >= 15 is 0 Å². The molecule has 0 aromatic carbocycles. The number of unbranched alkanes of at least 4 members (excludes halogenated alkanes) is 1. The number of alkyl halides is 1. The predicted molar refractivity (Wildman–Crippen MR) is 124 cm³/mol. The molecule has 0 saturated heterocycles. The summed E-state index contributed by atoms with van der Waals surface area (Å²) in [5.74, 6) is 1.95. The first-order valence-electron chi connectivity index (χ1n) is 6.48. The highest BCUT2D eigenvalue weighted by molar-refractivity contribution is 8.44. The fourth-order valence-electron chi connectivity index (χ4n) is 1.54. The number of hydrogen-bond donors (Lipinski definition) is 0. The summed E-state index contributed by atoms with van der Waals surface area (Å²) in [5.41, 5.74) is 0. The maximum absolute atomic E-state index is 5.76. The van der Waals surface area contributed by atoms with Crippen LogP contribution in [0, 0.1) is 0 Å². The summed E-state index contributed by atoms with van der Waals surface area (Å²) in [6, 6.07) is 0. The minimum Gasteiger partial charge on any atom is -0.127 e. The molecule has 0 unspecified atom stereocenters. The van der Waals surface area contributed by atoms with Gasteiger partial charge in [0.25, 0.3) is 0 Å². The Balaban J connectivity index is 1.98. The maximum Gasteiger partial charge on any atom is 0.0717 e. The third-order valence-electron chi connectivity index (χ3n) is 2.56. The third kappa shape index (κ3) is 5.66. The summed E-state index contributed by atoms with van der Waals surface area (Å²) >= 11 is 21.2. The van der Waals surface area contributed by atoms with Gasteiger partial charge < -0.3 is 0 Å². The number of thioether (sulfide) groups is 8. The molecule has 0 fully saturated rings. The first-order chi connectivity index (χ1) is 10.7. The van der Waals surface area contributed by atoms with Crippen molar-refractivity contribution >= 4 is 106 Å². The first-order valence-corrected chi connectivity index (χ1v) is 14.9. The molecule has 0 spiro atoms. The number of rotatable bonds is 8. The van der Waals surface area contributed by atoms with Gasteiger partial charge in [-0.15, -0.1) is 58.6 Å². The fraction of sp³-hybridized carbons (Fsp3) is 0.538. The molecule has 2 heterocycles. The summed E-state index contributed by atoms with van der Waals surface area (Å²) in [6.07, 6.45) is 8.85. The third-order valence-corrected chi connectivity index (χ3v) is 14.0. The van der Waals surface area contributed by atoms with E-state index in [1.54, 1.807) is 0 Å². The van der Waals surface area contributed by atoms with Crippen LogP contribution in [0.5, 0.6) is 0 Å². The zero-order chi connectivity index (χ0) is 15.9. The van der Waals surface area contributed by atoms with Crippen LogP contribution in [0.15, 0.2) is 25.4 Å². The fourth-order valence-corrected chi connectivity index (χ4v) is 12.5. The van der Waals surface area contributed by atoms with Crippen LogP contribution in [0.25, 0.3) is 0 Å². The lowest BCUT2D eigenvalue weighted by Crippen LogP contribution is -1.81. The van der Waals surface area contributed by atoms with Gasteiger partial charge in [0.1, 0.15) is 0 Å². The maximum atomic E-state index is 5.76. The Labute approximate surface area is 172 Å². The van der Waals surface area contributed by atoms with E-state index in [9.17, 15) is 0 Å². The van der Waals surface area contributed by atoms with Crippen LogP contribution in [-0.4, -0.2) is 30.4 Å². The molecule has 22 heavy (non-hydrogen) atoms. The van der Waals surface area contributed by atoms with E-state index < -0.39 is 0 Å². The van der Waals surface area contributed by atoms with Crippen LogP contribution in [0.2, 0.25) is 0 Å². The van der Waals surface area contributed by atoms with Crippen LogP contribution in [0.4, 0.5) is 0 Å². The summed E-state index contributed by atoms with van der Waals surface area (Å²) in [6.45, 7) is 0. The van der Waals surface area contributed by atoms with Crippen molar-refractivity contribution in [1.29, 1.82) is 0 Å². The second kappa shape index (κ2) is 11.1. The molecule has 0 N–H and O–H groups in total. The normalized spacial score (nSPS) is 19.1. The molecule has 0 aromatic heterocycles. The van der Waals surface area contributed by atoms with Gasteiger partial charge in [0, 0.05) is 5.88 Å². The molecule has 2 aliphatic heterocycles. The molecular formula is C13H17ClS8. The van der Waals surface area contributed by atoms with E-state index in [4.69, 9.17) is 11.6 Å². The minimum atomic E-state index is 0.778. The molecule has 2 aliphatic rings. The highest BCUT2D eigenvalue weighted by atomic mass is 35.5. The van der Waals surface area contributed by atoms with Crippen LogP contribution in [0.1, 0.15) is 12.8 Å². The van der Waals surface area contributed by atoms with Gasteiger partial charge in [-0.3, -0.25) is 0 Å². The summed E-state index contributed by atoms with van der Waals surface area (Å²) in [5, 5.41) is 0. The van der Waals surface area contributed by atoms with Crippen molar-refractivity contribution < 1.29 is 0 Å². The zero-order valence-corrected chi connectivity index (χ0v) is 19.8. The standard InChI is InChI=1S/C13H17ClS8/c1-15-8-9(16-2)20-12(19-8)13-21-10(17-3)11(22-13)18-7-5-4-6-14/h4-7H2,1-3H3. The molecule has 0 nitrogen and oxygen atoms in total. The molecule has 0 atom stereocenters. The molecule has 0 aliphatic carbocycles. The van der Waals surface area contributed by atoms with Crippen LogP contribution in [0.3, 0.4) is 0 Å². The summed E-state index contributed by atoms with van der Waals surface area (Å²) in [7, 11) is 0.